The van der Waals surface area contributed by atoms with Gasteiger partial charge in [-0.05, 0) is 34.8 Å². The van der Waals surface area contributed by atoms with Crippen molar-refractivity contribution in [3.05, 3.63) is 17.8 Å². The van der Waals surface area contributed by atoms with Crippen molar-refractivity contribution in [2.75, 3.05) is 17.9 Å². The lowest BCUT2D eigenvalue weighted by Gasteiger charge is -2.33. The molecular formula is C14H19BrN2O2. The van der Waals surface area contributed by atoms with Gasteiger partial charge in [-0.2, -0.15) is 0 Å². The summed E-state index contributed by atoms with van der Waals surface area (Å²) in [6.07, 6.45) is 7.95. The molecule has 104 valence electrons. The van der Waals surface area contributed by atoms with Crippen LogP contribution < -0.4 is 10.1 Å². The highest BCUT2D eigenvalue weighted by Gasteiger charge is 2.36. The Labute approximate surface area is 122 Å². The molecule has 0 aromatic carbocycles. The van der Waals surface area contributed by atoms with E-state index >= 15 is 0 Å². The molecule has 0 atom stereocenters. The maximum Gasteiger partial charge on any atom is 0.143 e. The second-order valence-corrected chi connectivity index (χ2v) is 5.36. The second kappa shape index (κ2) is 6.37. The molecule has 0 unspecified atom stereocenters. The second-order valence-electron chi connectivity index (χ2n) is 4.91. The zero-order chi connectivity index (χ0) is 13.7. The van der Waals surface area contributed by atoms with E-state index in [4.69, 9.17) is 4.74 Å². The van der Waals surface area contributed by atoms with Gasteiger partial charge in [0, 0.05) is 12.6 Å². The van der Waals surface area contributed by atoms with Gasteiger partial charge in [0.05, 0.1) is 11.6 Å². The third-order valence-corrected chi connectivity index (χ3v) is 4.06. The molecule has 0 amide bonds. The lowest BCUT2D eigenvalue weighted by Crippen LogP contribution is -2.31. The zero-order valence-corrected chi connectivity index (χ0v) is 12.7. The minimum Gasteiger partial charge on any atom is -0.481 e. The Balaban J connectivity index is 2.44. The number of carbonyl (C=O) groups is 1. The van der Waals surface area contributed by atoms with Gasteiger partial charge in [-0.1, -0.05) is 19.3 Å². The molecule has 19 heavy (non-hydrogen) atoms. The number of aromatic nitrogens is 1. The summed E-state index contributed by atoms with van der Waals surface area (Å²) in [6.45, 7) is 0. The molecule has 0 bridgehead atoms. The summed E-state index contributed by atoms with van der Waals surface area (Å²) in [5, 5.41) is 3.08. The van der Waals surface area contributed by atoms with Crippen molar-refractivity contribution in [2.45, 2.75) is 37.5 Å². The molecule has 2 rings (SSSR count). The number of hydrogen-bond acceptors (Lipinski definition) is 4. The van der Waals surface area contributed by atoms with E-state index in [0.29, 0.717) is 11.3 Å². The van der Waals surface area contributed by atoms with Gasteiger partial charge < -0.3 is 14.8 Å². The molecule has 0 radical (unpaired) electrons. The molecule has 5 heteroatoms. The lowest BCUT2D eigenvalue weighted by atomic mass is 9.70. The van der Waals surface area contributed by atoms with Gasteiger partial charge >= 0.3 is 0 Å². The molecule has 1 heterocycles. The molecule has 0 saturated heterocycles. The van der Waals surface area contributed by atoms with Crippen molar-refractivity contribution in [1.82, 2.24) is 4.98 Å². The maximum atomic E-state index is 11.7. The van der Waals surface area contributed by atoms with Crippen LogP contribution in [-0.4, -0.2) is 23.8 Å². The van der Waals surface area contributed by atoms with Crippen LogP contribution in [0.1, 0.15) is 37.7 Å². The molecule has 1 fully saturated rings. The molecule has 1 N–H and O–H groups in total. The summed E-state index contributed by atoms with van der Waals surface area (Å²) in [6, 6.07) is 1.94. The Hall–Kier alpha value is -1.10. The van der Waals surface area contributed by atoms with E-state index in [9.17, 15) is 4.79 Å². The summed E-state index contributed by atoms with van der Waals surface area (Å²) in [7, 11) is 1.83. The third-order valence-electron chi connectivity index (χ3n) is 3.83. The number of ether oxygens (including phenoxy) is 1. The van der Waals surface area contributed by atoms with E-state index in [1.807, 2.05) is 13.1 Å². The SMILES string of the molecule is CNc1ncc(OCBr)cc1C1(C=O)CCCCC1. The fourth-order valence-electron chi connectivity index (χ4n) is 2.80. The molecule has 1 aliphatic carbocycles. The van der Waals surface area contributed by atoms with Crippen LogP contribution in [0.2, 0.25) is 0 Å². The summed E-state index contributed by atoms with van der Waals surface area (Å²) >= 11 is 3.24. The molecule has 0 aliphatic heterocycles. The number of hydrogen-bond donors (Lipinski definition) is 1. The Kier molecular flexibility index (Phi) is 4.80. The van der Waals surface area contributed by atoms with Crippen LogP contribution in [0.15, 0.2) is 12.3 Å². The van der Waals surface area contributed by atoms with Crippen LogP contribution in [0.4, 0.5) is 5.82 Å². The van der Waals surface area contributed by atoms with Crippen LogP contribution in [0.25, 0.3) is 0 Å². The molecule has 1 aliphatic rings. The first-order chi connectivity index (χ1) is 9.25. The minimum atomic E-state index is -0.407. The number of rotatable bonds is 5. The van der Waals surface area contributed by atoms with Crippen LogP contribution in [0, 0.1) is 0 Å². The zero-order valence-electron chi connectivity index (χ0n) is 11.1. The van der Waals surface area contributed by atoms with Crippen LogP contribution in [0.3, 0.4) is 0 Å². The Bertz CT molecular complexity index is 445. The fourth-order valence-corrected chi connectivity index (χ4v) is 3.06. The van der Waals surface area contributed by atoms with Crippen molar-refractivity contribution < 1.29 is 9.53 Å². The number of pyridine rings is 1. The Morgan fingerprint density at radius 1 is 1.47 bits per heavy atom. The Morgan fingerprint density at radius 2 is 2.21 bits per heavy atom. The van der Waals surface area contributed by atoms with Crippen LogP contribution >= 0.6 is 15.9 Å². The van der Waals surface area contributed by atoms with E-state index in [1.54, 1.807) is 6.20 Å². The van der Waals surface area contributed by atoms with Crippen molar-refractivity contribution in [3.63, 3.8) is 0 Å². The largest absolute Gasteiger partial charge is 0.481 e. The van der Waals surface area contributed by atoms with E-state index in [0.717, 1.165) is 43.4 Å². The van der Waals surface area contributed by atoms with Crippen molar-refractivity contribution in [3.8, 4) is 5.75 Å². The normalized spacial score (nSPS) is 17.8. The summed E-state index contributed by atoms with van der Waals surface area (Å²) in [5.74, 6) is 1.47. The Morgan fingerprint density at radius 3 is 2.79 bits per heavy atom. The predicted molar refractivity (Wildman–Crippen MR) is 79.0 cm³/mol. The number of carbonyl (C=O) groups excluding carboxylic acids is 1. The highest BCUT2D eigenvalue weighted by Crippen LogP contribution is 2.41. The fraction of sp³-hybridized carbons (Fsp3) is 0.571. The summed E-state index contributed by atoms with van der Waals surface area (Å²) in [5.41, 5.74) is 0.972. The third kappa shape index (κ3) is 2.91. The predicted octanol–water partition coefficient (Wildman–Crippen LogP) is 3.26. The lowest BCUT2D eigenvalue weighted by molar-refractivity contribution is -0.113. The molecular weight excluding hydrogens is 308 g/mol. The van der Waals surface area contributed by atoms with Crippen molar-refractivity contribution in [2.24, 2.45) is 0 Å². The topological polar surface area (TPSA) is 51.2 Å². The van der Waals surface area contributed by atoms with E-state index in [1.165, 1.54) is 6.42 Å². The van der Waals surface area contributed by atoms with Crippen molar-refractivity contribution in [1.29, 1.82) is 0 Å². The number of nitrogens with zero attached hydrogens (tertiary/aromatic N) is 1. The monoisotopic (exact) mass is 326 g/mol. The molecule has 1 saturated carbocycles. The smallest absolute Gasteiger partial charge is 0.143 e. The average Bonchev–Trinajstić information content (AvgIpc) is 2.48. The first kappa shape index (κ1) is 14.3. The standard InChI is InChI=1S/C14H19BrN2O2/c1-16-13-12(7-11(8-17-13)19-10-15)14(9-18)5-3-2-4-6-14/h7-9H,2-6,10H2,1H3,(H,16,17). The van der Waals surface area contributed by atoms with Crippen LogP contribution in [0.5, 0.6) is 5.75 Å². The minimum absolute atomic E-state index is 0.407. The first-order valence-corrected chi connectivity index (χ1v) is 7.71. The van der Waals surface area contributed by atoms with Gasteiger partial charge in [0.25, 0.3) is 0 Å². The number of alkyl halides is 1. The maximum absolute atomic E-state index is 11.7. The average molecular weight is 327 g/mol. The number of nitrogens with one attached hydrogen (secondary N) is 1. The molecule has 0 spiro atoms. The van der Waals surface area contributed by atoms with Gasteiger partial charge in [-0.15, -0.1) is 0 Å². The highest BCUT2D eigenvalue weighted by molar-refractivity contribution is 9.09. The number of halogens is 1. The van der Waals surface area contributed by atoms with Crippen LogP contribution in [-0.2, 0) is 10.2 Å². The van der Waals surface area contributed by atoms with E-state index in [2.05, 4.69) is 26.2 Å². The highest BCUT2D eigenvalue weighted by atomic mass is 79.9. The molecule has 1 aromatic rings. The van der Waals surface area contributed by atoms with Gasteiger partial charge in [-0.25, -0.2) is 4.98 Å². The molecule has 4 nitrogen and oxygen atoms in total. The summed E-state index contributed by atoms with van der Waals surface area (Å²) < 4.78 is 5.44. The van der Waals surface area contributed by atoms with Gasteiger partial charge in [0.2, 0.25) is 0 Å². The van der Waals surface area contributed by atoms with Crippen molar-refractivity contribution >= 4 is 28.0 Å². The number of anilines is 1. The van der Waals surface area contributed by atoms with E-state index < -0.39 is 5.41 Å². The summed E-state index contributed by atoms with van der Waals surface area (Å²) in [4.78, 5) is 16.1. The van der Waals surface area contributed by atoms with Gasteiger partial charge in [0.1, 0.15) is 23.4 Å². The van der Waals surface area contributed by atoms with Gasteiger partial charge in [-0.3, -0.25) is 0 Å². The van der Waals surface area contributed by atoms with Gasteiger partial charge in [0.15, 0.2) is 0 Å². The number of aldehydes is 1. The first-order valence-electron chi connectivity index (χ1n) is 6.59. The quantitative estimate of drug-likeness (QED) is 0.666. The molecule has 1 aromatic heterocycles. The van der Waals surface area contributed by atoms with E-state index in [-0.39, 0.29) is 0 Å².